The number of nitrogens with zero attached hydrogens (tertiary/aromatic N) is 2. The Morgan fingerprint density at radius 1 is 1.11 bits per heavy atom. The highest BCUT2D eigenvalue weighted by Gasteiger charge is 2.12. The van der Waals surface area contributed by atoms with Crippen molar-refractivity contribution in [1.29, 1.82) is 0 Å². The maximum atomic E-state index is 4.28. The van der Waals surface area contributed by atoms with E-state index in [1.54, 1.807) is 11.1 Å². The standard InChI is InChI=1S/C16H24N2/c1-18(2)13-15-8-5-3-4-6-10-16(15)14-9-7-11-17-12-14/h7,9,11-12H,3-6,8,10,13H2,1-2H3/b16-15-. The molecule has 0 saturated carbocycles. The van der Waals surface area contributed by atoms with Crippen LogP contribution in [0.1, 0.15) is 44.1 Å². The lowest BCUT2D eigenvalue weighted by atomic mass is 9.89. The molecule has 0 radical (unpaired) electrons. The van der Waals surface area contributed by atoms with Crippen molar-refractivity contribution in [1.82, 2.24) is 9.88 Å². The Morgan fingerprint density at radius 2 is 1.89 bits per heavy atom. The van der Waals surface area contributed by atoms with Crippen LogP contribution >= 0.6 is 0 Å². The van der Waals surface area contributed by atoms with Crippen molar-refractivity contribution in [3.05, 3.63) is 35.7 Å². The summed E-state index contributed by atoms with van der Waals surface area (Å²) in [6.07, 6.45) is 11.8. The first-order valence-corrected chi connectivity index (χ1v) is 7.03. The zero-order chi connectivity index (χ0) is 12.8. The maximum Gasteiger partial charge on any atom is 0.0343 e. The smallest absolute Gasteiger partial charge is 0.0343 e. The van der Waals surface area contributed by atoms with E-state index in [2.05, 4.69) is 30.0 Å². The molecule has 18 heavy (non-hydrogen) atoms. The molecular formula is C16H24N2. The first-order valence-electron chi connectivity index (χ1n) is 7.03. The average molecular weight is 244 g/mol. The molecule has 1 aliphatic carbocycles. The number of rotatable bonds is 3. The topological polar surface area (TPSA) is 16.1 Å². The van der Waals surface area contributed by atoms with E-state index >= 15 is 0 Å². The number of pyridine rings is 1. The molecule has 0 unspecified atom stereocenters. The van der Waals surface area contributed by atoms with Crippen LogP contribution in [-0.4, -0.2) is 30.5 Å². The summed E-state index contributed by atoms with van der Waals surface area (Å²) in [5.41, 5.74) is 4.50. The van der Waals surface area contributed by atoms with Crippen LogP contribution in [0, 0.1) is 0 Å². The van der Waals surface area contributed by atoms with Gasteiger partial charge in [0, 0.05) is 18.9 Å². The second kappa shape index (κ2) is 6.69. The van der Waals surface area contributed by atoms with Gasteiger partial charge >= 0.3 is 0 Å². The van der Waals surface area contributed by atoms with E-state index in [0.29, 0.717) is 0 Å². The molecule has 2 rings (SSSR count). The molecule has 2 heteroatoms. The highest BCUT2D eigenvalue weighted by molar-refractivity contribution is 5.68. The van der Waals surface area contributed by atoms with Crippen LogP contribution in [0.4, 0.5) is 0 Å². The molecule has 0 spiro atoms. The summed E-state index contributed by atoms with van der Waals surface area (Å²) < 4.78 is 0. The van der Waals surface area contributed by atoms with E-state index in [-0.39, 0.29) is 0 Å². The molecular weight excluding hydrogens is 220 g/mol. The van der Waals surface area contributed by atoms with Crippen molar-refractivity contribution >= 4 is 5.57 Å². The van der Waals surface area contributed by atoms with Crippen molar-refractivity contribution < 1.29 is 0 Å². The van der Waals surface area contributed by atoms with Gasteiger partial charge in [-0.3, -0.25) is 4.98 Å². The van der Waals surface area contributed by atoms with E-state index in [1.165, 1.54) is 44.1 Å². The van der Waals surface area contributed by atoms with Gasteiger partial charge in [0.25, 0.3) is 0 Å². The molecule has 0 N–H and O–H groups in total. The lowest BCUT2D eigenvalue weighted by Gasteiger charge is -2.21. The third-order valence-corrected chi connectivity index (χ3v) is 3.60. The minimum atomic E-state index is 1.09. The SMILES string of the molecule is CN(C)C/C1=C(\c2cccnc2)CCCCCC1. The summed E-state index contributed by atoms with van der Waals surface area (Å²) in [7, 11) is 4.32. The van der Waals surface area contributed by atoms with Gasteiger partial charge in [-0.25, -0.2) is 0 Å². The quantitative estimate of drug-likeness (QED) is 0.805. The van der Waals surface area contributed by atoms with Crippen LogP contribution in [0.5, 0.6) is 0 Å². The Kier molecular flexibility index (Phi) is 4.94. The van der Waals surface area contributed by atoms with Crippen LogP contribution in [0.15, 0.2) is 30.1 Å². The van der Waals surface area contributed by atoms with Crippen molar-refractivity contribution in [3.63, 3.8) is 0 Å². The molecule has 0 bridgehead atoms. The van der Waals surface area contributed by atoms with Crippen LogP contribution in [0.3, 0.4) is 0 Å². The van der Waals surface area contributed by atoms with Gasteiger partial charge in [-0.2, -0.15) is 0 Å². The number of likely N-dealkylation sites (N-methyl/N-ethyl adjacent to an activating group) is 1. The fraction of sp³-hybridized carbons (Fsp3) is 0.562. The molecule has 0 saturated heterocycles. The Morgan fingerprint density at radius 3 is 2.56 bits per heavy atom. The van der Waals surface area contributed by atoms with Gasteiger partial charge in [0.1, 0.15) is 0 Å². The third-order valence-electron chi connectivity index (χ3n) is 3.60. The normalized spacial score (nSPS) is 21.7. The van der Waals surface area contributed by atoms with Crippen LogP contribution in [0.2, 0.25) is 0 Å². The van der Waals surface area contributed by atoms with Gasteiger partial charge in [-0.15, -0.1) is 0 Å². The van der Waals surface area contributed by atoms with E-state index < -0.39 is 0 Å². The van der Waals surface area contributed by atoms with Crippen molar-refractivity contribution in [2.45, 2.75) is 38.5 Å². The molecule has 2 nitrogen and oxygen atoms in total. The second-order valence-electron chi connectivity index (χ2n) is 5.48. The van der Waals surface area contributed by atoms with Crippen LogP contribution < -0.4 is 0 Å². The predicted molar refractivity (Wildman–Crippen MR) is 77.4 cm³/mol. The molecule has 1 aliphatic rings. The summed E-state index contributed by atoms with van der Waals surface area (Å²) in [6, 6.07) is 4.26. The number of aromatic nitrogens is 1. The highest BCUT2D eigenvalue weighted by Crippen LogP contribution is 2.30. The summed E-state index contributed by atoms with van der Waals surface area (Å²) >= 11 is 0. The van der Waals surface area contributed by atoms with Gasteiger partial charge < -0.3 is 4.90 Å². The predicted octanol–water partition coefficient (Wildman–Crippen LogP) is 3.75. The van der Waals surface area contributed by atoms with E-state index in [9.17, 15) is 0 Å². The van der Waals surface area contributed by atoms with Crippen LogP contribution in [-0.2, 0) is 0 Å². The fourth-order valence-electron chi connectivity index (χ4n) is 2.77. The van der Waals surface area contributed by atoms with E-state index in [0.717, 1.165) is 6.54 Å². The monoisotopic (exact) mass is 244 g/mol. The van der Waals surface area contributed by atoms with Crippen molar-refractivity contribution in [2.75, 3.05) is 20.6 Å². The molecule has 1 heterocycles. The van der Waals surface area contributed by atoms with Crippen molar-refractivity contribution in [3.8, 4) is 0 Å². The molecule has 0 aromatic carbocycles. The summed E-state index contributed by atoms with van der Waals surface area (Å²) in [6.45, 7) is 1.09. The Balaban J connectivity index is 2.31. The van der Waals surface area contributed by atoms with Gasteiger partial charge in [0.05, 0.1) is 0 Å². The molecule has 0 atom stereocenters. The number of hydrogen-bond donors (Lipinski definition) is 0. The Labute approximate surface area is 111 Å². The largest absolute Gasteiger partial charge is 0.305 e. The minimum absolute atomic E-state index is 1.09. The minimum Gasteiger partial charge on any atom is -0.305 e. The molecule has 1 aromatic rings. The van der Waals surface area contributed by atoms with Gasteiger partial charge in [0.15, 0.2) is 0 Å². The van der Waals surface area contributed by atoms with Gasteiger partial charge in [0.2, 0.25) is 0 Å². The zero-order valence-electron chi connectivity index (χ0n) is 11.7. The second-order valence-corrected chi connectivity index (χ2v) is 5.48. The fourth-order valence-corrected chi connectivity index (χ4v) is 2.77. The first-order chi connectivity index (χ1) is 8.77. The molecule has 0 fully saturated rings. The summed E-state index contributed by atoms with van der Waals surface area (Å²) in [5.74, 6) is 0. The molecule has 0 aliphatic heterocycles. The first kappa shape index (κ1) is 13.3. The summed E-state index contributed by atoms with van der Waals surface area (Å²) in [5, 5.41) is 0. The number of hydrogen-bond acceptors (Lipinski definition) is 2. The summed E-state index contributed by atoms with van der Waals surface area (Å²) in [4.78, 5) is 6.56. The van der Waals surface area contributed by atoms with Crippen LogP contribution in [0.25, 0.3) is 5.57 Å². The van der Waals surface area contributed by atoms with Gasteiger partial charge in [-0.05, 0) is 57.0 Å². The van der Waals surface area contributed by atoms with Crippen molar-refractivity contribution in [2.24, 2.45) is 0 Å². The maximum absolute atomic E-state index is 4.28. The third kappa shape index (κ3) is 3.67. The lowest BCUT2D eigenvalue weighted by molar-refractivity contribution is 0.435. The molecule has 0 amide bonds. The van der Waals surface area contributed by atoms with Gasteiger partial charge in [-0.1, -0.05) is 24.5 Å². The Bertz CT molecular complexity index is 393. The number of allylic oxidation sites excluding steroid dienone is 1. The molecule has 1 aromatic heterocycles. The Hall–Kier alpha value is -1.15. The zero-order valence-corrected chi connectivity index (χ0v) is 11.7. The highest BCUT2D eigenvalue weighted by atomic mass is 15.0. The lowest BCUT2D eigenvalue weighted by Crippen LogP contribution is -2.17. The average Bonchev–Trinajstić information content (AvgIpc) is 2.34. The van der Waals surface area contributed by atoms with E-state index in [1.807, 2.05) is 18.5 Å². The molecule has 98 valence electrons. The van der Waals surface area contributed by atoms with E-state index in [4.69, 9.17) is 0 Å².